The summed E-state index contributed by atoms with van der Waals surface area (Å²) in [6, 6.07) is 18.0. The molecule has 0 aliphatic heterocycles. The number of halogens is 2. The van der Waals surface area contributed by atoms with Gasteiger partial charge in [0.25, 0.3) is 0 Å². The Balaban J connectivity index is 0.00000210. The zero-order valence-electron chi connectivity index (χ0n) is 14.5. The number of nitrogens with one attached hydrogen (secondary N) is 2. The van der Waals surface area contributed by atoms with E-state index in [2.05, 4.69) is 10.3 Å². The third-order valence-electron chi connectivity index (χ3n) is 4.46. The topological polar surface area (TPSA) is 70.9 Å². The van der Waals surface area contributed by atoms with Gasteiger partial charge in [0.15, 0.2) is 0 Å². The van der Waals surface area contributed by atoms with Crippen LogP contribution in [-0.2, 0) is 17.8 Å². The van der Waals surface area contributed by atoms with Gasteiger partial charge >= 0.3 is 0 Å². The number of aromatic nitrogens is 1. The lowest BCUT2D eigenvalue weighted by Crippen LogP contribution is -2.14. The van der Waals surface area contributed by atoms with Crippen molar-refractivity contribution in [1.82, 2.24) is 4.98 Å². The summed E-state index contributed by atoms with van der Waals surface area (Å²) in [6.45, 7) is 0.475. The van der Waals surface area contributed by atoms with E-state index in [1.165, 1.54) is 12.1 Å². The van der Waals surface area contributed by atoms with Crippen molar-refractivity contribution in [2.45, 2.75) is 13.0 Å². The maximum atomic E-state index is 13.4. The Morgan fingerprint density at radius 3 is 2.26 bits per heavy atom. The van der Waals surface area contributed by atoms with Crippen LogP contribution >= 0.6 is 12.4 Å². The molecule has 0 atom stereocenters. The molecule has 3 aromatic carbocycles. The van der Waals surface area contributed by atoms with Crippen LogP contribution in [0.2, 0.25) is 0 Å². The van der Waals surface area contributed by atoms with E-state index in [-0.39, 0.29) is 30.6 Å². The molecular formula is C21H19ClFN3O. The summed E-state index contributed by atoms with van der Waals surface area (Å²) in [5.41, 5.74) is 9.87. The maximum Gasteiger partial charge on any atom is 0.228 e. The highest BCUT2D eigenvalue weighted by Gasteiger charge is 2.09. The van der Waals surface area contributed by atoms with Crippen LogP contribution in [0.5, 0.6) is 0 Å². The molecule has 0 radical (unpaired) electrons. The number of benzene rings is 3. The number of carbonyl (C=O) groups excluding carboxylic acids is 1. The van der Waals surface area contributed by atoms with E-state index < -0.39 is 0 Å². The highest BCUT2D eigenvalue weighted by Crippen LogP contribution is 2.26. The molecule has 1 amide bonds. The van der Waals surface area contributed by atoms with Crippen LogP contribution in [0.1, 0.15) is 11.1 Å². The van der Waals surface area contributed by atoms with E-state index >= 15 is 0 Å². The molecule has 27 heavy (non-hydrogen) atoms. The van der Waals surface area contributed by atoms with E-state index in [1.807, 2.05) is 42.5 Å². The molecule has 138 valence electrons. The van der Waals surface area contributed by atoms with Crippen molar-refractivity contribution in [2.75, 3.05) is 5.32 Å². The number of carbonyl (C=O) groups is 1. The number of anilines is 1. The molecule has 0 aliphatic rings. The lowest BCUT2D eigenvalue weighted by atomic mass is 10.1. The molecule has 1 heterocycles. The maximum absolute atomic E-state index is 13.4. The fourth-order valence-corrected chi connectivity index (χ4v) is 3.15. The Bertz CT molecular complexity index is 1110. The first-order valence-corrected chi connectivity index (χ1v) is 8.41. The fourth-order valence-electron chi connectivity index (χ4n) is 3.15. The molecule has 0 bridgehead atoms. The fraction of sp³-hybridized carbons (Fsp3) is 0.0952. The van der Waals surface area contributed by atoms with Crippen LogP contribution in [0.4, 0.5) is 10.1 Å². The average molecular weight is 384 g/mol. The molecule has 4 aromatic rings. The summed E-state index contributed by atoms with van der Waals surface area (Å²) in [7, 11) is 0. The first-order chi connectivity index (χ1) is 12.6. The number of fused-ring (bicyclic) bond motifs is 3. The molecule has 0 spiro atoms. The average Bonchev–Trinajstić information content (AvgIpc) is 2.98. The number of H-pyrrole nitrogens is 1. The number of hydrogen-bond donors (Lipinski definition) is 3. The second-order valence-electron chi connectivity index (χ2n) is 6.32. The van der Waals surface area contributed by atoms with Gasteiger partial charge in [-0.15, -0.1) is 12.4 Å². The number of hydrogen-bond acceptors (Lipinski definition) is 2. The van der Waals surface area contributed by atoms with Crippen molar-refractivity contribution in [3.63, 3.8) is 0 Å². The molecule has 0 unspecified atom stereocenters. The van der Waals surface area contributed by atoms with Crippen molar-refractivity contribution in [3.05, 3.63) is 77.6 Å². The van der Waals surface area contributed by atoms with Gasteiger partial charge in [-0.05, 0) is 47.5 Å². The van der Waals surface area contributed by atoms with Gasteiger partial charge in [-0.1, -0.05) is 24.3 Å². The van der Waals surface area contributed by atoms with Crippen LogP contribution in [0.15, 0.2) is 60.7 Å². The van der Waals surface area contributed by atoms with E-state index in [4.69, 9.17) is 5.73 Å². The lowest BCUT2D eigenvalue weighted by molar-refractivity contribution is -0.115. The van der Waals surface area contributed by atoms with Crippen molar-refractivity contribution < 1.29 is 9.18 Å². The number of nitrogens with two attached hydrogens (primary N) is 1. The first-order valence-electron chi connectivity index (χ1n) is 8.41. The Kier molecular flexibility index (Phi) is 5.44. The quantitative estimate of drug-likeness (QED) is 0.484. The van der Waals surface area contributed by atoms with Crippen molar-refractivity contribution >= 4 is 45.8 Å². The van der Waals surface area contributed by atoms with Gasteiger partial charge in [0.2, 0.25) is 5.91 Å². The lowest BCUT2D eigenvalue weighted by Gasteiger charge is -2.06. The summed E-state index contributed by atoms with van der Waals surface area (Å²) in [4.78, 5) is 15.5. The summed E-state index contributed by atoms with van der Waals surface area (Å²) in [6.07, 6.45) is 0.262. The molecular weight excluding hydrogens is 365 g/mol. The van der Waals surface area contributed by atoms with Crippen molar-refractivity contribution in [1.29, 1.82) is 0 Å². The highest BCUT2D eigenvalue weighted by atomic mass is 35.5. The molecule has 0 saturated carbocycles. The van der Waals surface area contributed by atoms with Gasteiger partial charge < -0.3 is 16.0 Å². The van der Waals surface area contributed by atoms with Crippen molar-refractivity contribution in [2.24, 2.45) is 5.73 Å². The van der Waals surface area contributed by atoms with E-state index in [0.29, 0.717) is 6.54 Å². The Morgan fingerprint density at radius 1 is 0.926 bits per heavy atom. The van der Waals surface area contributed by atoms with Crippen LogP contribution in [0.3, 0.4) is 0 Å². The first kappa shape index (κ1) is 18.9. The monoisotopic (exact) mass is 383 g/mol. The Hall–Kier alpha value is -2.89. The zero-order chi connectivity index (χ0) is 18.1. The molecule has 4 nitrogen and oxygen atoms in total. The predicted molar refractivity (Wildman–Crippen MR) is 110 cm³/mol. The second-order valence-corrected chi connectivity index (χ2v) is 6.32. The molecule has 0 aliphatic carbocycles. The van der Waals surface area contributed by atoms with Crippen LogP contribution in [0, 0.1) is 5.82 Å². The van der Waals surface area contributed by atoms with Crippen LogP contribution in [0.25, 0.3) is 21.8 Å². The molecule has 1 aromatic heterocycles. The van der Waals surface area contributed by atoms with Gasteiger partial charge in [-0.2, -0.15) is 0 Å². The normalized spacial score (nSPS) is 10.7. The highest BCUT2D eigenvalue weighted by molar-refractivity contribution is 6.07. The minimum absolute atomic E-state index is 0. The zero-order valence-corrected chi connectivity index (χ0v) is 15.3. The smallest absolute Gasteiger partial charge is 0.228 e. The molecule has 0 saturated heterocycles. The third-order valence-corrected chi connectivity index (χ3v) is 4.46. The summed E-state index contributed by atoms with van der Waals surface area (Å²) >= 11 is 0. The van der Waals surface area contributed by atoms with Gasteiger partial charge in [0.05, 0.1) is 6.42 Å². The predicted octanol–water partition coefficient (Wildman–Crippen LogP) is 4.52. The van der Waals surface area contributed by atoms with Gasteiger partial charge in [-0.25, -0.2) is 4.39 Å². The second kappa shape index (κ2) is 7.78. The van der Waals surface area contributed by atoms with Crippen LogP contribution < -0.4 is 11.1 Å². The standard InChI is InChI=1S/C21H18FN3O.ClH/c22-15-4-8-18-17-7-3-14(9-19(17)25-20(18)11-15)10-21(26)24-16-5-1-13(12-23)2-6-16;/h1-9,11,25H,10,12,23H2,(H,24,26);1H. The van der Waals surface area contributed by atoms with Gasteiger partial charge in [-0.3, -0.25) is 4.79 Å². The van der Waals surface area contributed by atoms with Gasteiger partial charge in [0.1, 0.15) is 5.82 Å². The van der Waals surface area contributed by atoms with Gasteiger partial charge in [0, 0.05) is 34.0 Å². The summed E-state index contributed by atoms with van der Waals surface area (Å²) in [5, 5.41) is 4.87. The van der Waals surface area contributed by atoms with E-state index in [1.54, 1.807) is 6.07 Å². The largest absolute Gasteiger partial charge is 0.354 e. The molecule has 6 heteroatoms. The molecule has 0 fully saturated rings. The number of rotatable bonds is 4. The molecule has 4 N–H and O–H groups in total. The van der Waals surface area contributed by atoms with E-state index in [9.17, 15) is 9.18 Å². The summed E-state index contributed by atoms with van der Waals surface area (Å²) < 4.78 is 13.4. The minimum Gasteiger partial charge on any atom is -0.354 e. The number of amides is 1. The SMILES string of the molecule is Cl.NCc1ccc(NC(=O)Cc2ccc3c(c2)[nH]c2cc(F)ccc23)cc1. The van der Waals surface area contributed by atoms with Crippen LogP contribution in [-0.4, -0.2) is 10.9 Å². The Labute approximate surface area is 162 Å². The minimum atomic E-state index is -0.274. The number of aromatic amines is 1. The molecule has 4 rings (SSSR count). The summed E-state index contributed by atoms with van der Waals surface area (Å²) in [5.74, 6) is -0.365. The Morgan fingerprint density at radius 2 is 1.56 bits per heavy atom. The van der Waals surface area contributed by atoms with Crippen molar-refractivity contribution in [3.8, 4) is 0 Å². The third kappa shape index (κ3) is 3.94. The van der Waals surface area contributed by atoms with E-state index in [0.717, 1.165) is 38.6 Å².